The Morgan fingerprint density at radius 1 is 1.45 bits per heavy atom. The second-order valence-electron chi connectivity index (χ2n) is 5.29. The summed E-state index contributed by atoms with van der Waals surface area (Å²) >= 11 is 0. The smallest absolute Gasteiger partial charge is 0.310 e. The first kappa shape index (κ1) is 14.1. The van der Waals surface area contributed by atoms with E-state index in [-0.39, 0.29) is 12.3 Å². The maximum absolute atomic E-state index is 11.9. The van der Waals surface area contributed by atoms with Gasteiger partial charge in [-0.1, -0.05) is 6.07 Å². The van der Waals surface area contributed by atoms with E-state index in [0.717, 1.165) is 18.5 Å². The van der Waals surface area contributed by atoms with Crippen LogP contribution >= 0.6 is 0 Å². The lowest BCUT2D eigenvalue weighted by Crippen LogP contribution is -2.14. The van der Waals surface area contributed by atoms with Gasteiger partial charge in [-0.05, 0) is 24.5 Å². The van der Waals surface area contributed by atoms with Crippen LogP contribution in [0.15, 0.2) is 24.3 Å². The molecule has 0 atom stereocenters. The van der Waals surface area contributed by atoms with E-state index in [4.69, 9.17) is 0 Å². The molecule has 0 spiro atoms. The van der Waals surface area contributed by atoms with Crippen molar-refractivity contribution in [3.8, 4) is 5.75 Å². The number of aromatic hydroxyl groups is 1. The van der Waals surface area contributed by atoms with Crippen molar-refractivity contribution < 1.29 is 14.8 Å². The van der Waals surface area contributed by atoms with Gasteiger partial charge >= 0.3 is 5.69 Å². The third kappa shape index (κ3) is 3.05. The number of nitrogens with one attached hydrogen (secondary N) is 2. The fourth-order valence-corrected chi connectivity index (χ4v) is 2.20. The molecule has 0 radical (unpaired) electrons. The maximum Gasteiger partial charge on any atom is 0.310 e. The SMILES string of the molecule is O=C(Cc1ccc(O)c([N+](=O)[O-])c1)Nc1cc(C2CC2)[nH]n1. The van der Waals surface area contributed by atoms with Crippen molar-refractivity contribution in [1.82, 2.24) is 10.2 Å². The average molecular weight is 302 g/mol. The average Bonchev–Trinajstić information content (AvgIpc) is 3.21. The molecule has 1 aromatic heterocycles. The molecule has 22 heavy (non-hydrogen) atoms. The van der Waals surface area contributed by atoms with Crippen molar-refractivity contribution in [2.24, 2.45) is 0 Å². The van der Waals surface area contributed by atoms with Crippen molar-refractivity contribution in [1.29, 1.82) is 0 Å². The molecule has 1 heterocycles. The molecule has 1 aliphatic rings. The van der Waals surface area contributed by atoms with Gasteiger partial charge in [-0.2, -0.15) is 5.10 Å². The van der Waals surface area contributed by atoms with E-state index < -0.39 is 16.4 Å². The molecule has 1 aliphatic carbocycles. The predicted molar refractivity (Wildman–Crippen MR) is 77.7 cm³/mol. The first-order chi connectivity index (χ1) is 10.5. The quantitative estimate of drug-likeness (QED) is 0.576. The minimum Gasteiger partial charge on any atom is -0.502 e. The Morgan fingerprint density at radius 2 is 2.23 bits per heavy atom. The zero-order valence-electron chi connectivity index (χ0n) is 11.6. The third-order valence-corrected chi connectivity index (χ3v) is 3.48. The van der Waals surface area contributed by atoms with Gasteiger partial charge in [0.15, 0.2) is 11.6 Å². The number of hydrogen-bond acceptors (Lipinski definition) is 5. The van der Waals surface area contributed by atoms with Crippen LogP contribution in [0, 0.1) is 10.1 Å². The number of aromatic amines is 1. The number of carbonyl (C=O) groups is 1. The number of nitro groups is 1. The van der Waals surface area contributed by atoms with Crippen LogP contribution in [-0.2, 0) is 11.2 Å². The normalized spacial score (nSPS) is 13.8. The number of benzene rings is 1. The van der Waals surface area contributed by atoms with Gasteiger partial charge in [0.2, 0.25) is 5.91 Å². The summed E-state index contributed by atoms with van der Waals surface area (Å²) in [7, 11) is 0. The third-order valence-electron chi connectivity index (χ3n) is 3.48. The summed E-state index contributed by atoms with van der Waals surface area (Å²) in [5, 5.41) is 29.7. The summed E-state index contributed by atoms with van der Waals surface area (Å²) in [6.45, 7) is 0. The molecule has 0 bridgehead atoms. The summed E-state index contributed by atoms with van der Waals surface area (Å²) in [4.78, 5) is 22.0. The van der Waals surface area contributed by atoms with E-state index in [0.29, 0.717) is 17.3 Å². The number of carbonyl (C=O) groups excluding carboxylic acids is 1. The van der Waals surface area contributed by atoms with Gasteiger partial charge in [-0.3, -0.25) is 20.0 Å². The van der Waals surface area contributed by atoms with Gasteiger partial charge in [0.05, 0.1) is 11.3 Å². The lowest BCUT2D eigenvalue weighted by atomic mass is 10.1. The van der Waals surface area contributed by atoms with E-state index in [1.165, 1.54) is 18.2 Å². The van der Waals surface area contributed by atoms with Crippen LogP contribution < -0.4 is 5.32 Å². The Hall–Kier alpha value is -2.90. The van der Waals surface area contributed by atoms with Crippen LogP contribution in [0.3, 0.4) is 0 Å². The first-order valence-electron chi connectivity index (χ1n) is 6.84. The lowest BCUT2D eigenvalue weighted by molar-refractivity contribution is -0.385. The van der Waals surface area contributed by atoms with Gasteiger partial charge in [-0.15, -0.1) is 0 Å². The summed E-state index contributed by atoms with van der Waals surface area (Å²) < 4.78 is 0. The van der Waals surface area contributed by atoms with Crippen LogP contribution in [0.5, 0.6) is 5.75 Å². The minimum atomic E-state index is -0.688. The Labute approximate surface area is 125 Å². The Morgan fingerprint density at radius 3 is 2.91 bits per heavy atom. The number of nitrogens with zero attached hydrogens (tertiary/aromatic N) is 2. The number of nitro benzene ring substituents is 1. The van der Waals surface area contributed by atoms with Gasteiger partial charge < -0.3 is 10.4 Å². The second-order valence-corrected chi connectivity index (χ2v) is 5.29. The maximum atomic E-state index is 11.9. The largest absolute Gasteiger partial charge is 0.502 e. The highest BCUT2D eigenvalue weighted by atomic mass is 16.6. The first-order valence-corrected chi connectivity index (χ1v) is 6.84. The molecule has 8 nitrogen and oxygen atoms in total. The molecule has 8 heteroatoms. The fraction of sp³-hybridized carbons (Fsp3) is 0.286. The van der Waals surface area contributed by atoms with Crippen LogP contribution in [-0.4, -0.2) is 26.1 Å². The summed E-state index contributed by atoms with van der Waals surface area (Å²) in [6, 6.07) is 5.67. The highest BCUT2D eigenvalue weighted by Crippen LogP contribution is 2.39. The molecule has 1 saturated carbocycles. The Balaban J connectivity index is 1.65. The van der Waals surface area contributed by atoms with Gasteiger partial charge in [0.25, 0.3) is 0 Å². The van der Waals surface area contributed by atoms with Crippen LogP contribution in [0.2, 0.25) is 0 Å². The Bertz CT molecular complexity index is 736. The topological polar surface area (TPSA) is 121 Å². The molecule has 0 saturated heterocycles. The van der Waals surface area contributed by atoms with Crippen molar-refractivity contribution in [3.63, 3.8) is 0 Å². The highest BCUT2D eigenvalue weighted by molar-refractivity contribution is 5.91. The zero-order valence-corrected chi connectivity index (χ0v) is 11.6. The van der Waals surface area contributed by atoms with Crippen LogP contribution in [0.1, 0.15) is 30.0 Å². The molecule has 1 aromatic carbocycles. The standard InChI is InChI=1S/C14H14N4O4/c19-12-4-1-8(5-11(12)18(21)22)6-14(20)15-13-7-10(16-17-13)9-2-3-9/h1,4-5,7,9,19H,2-3,6H2,(H2,15,16,17,20). The number of phenolic OH excluding ortho intramolecular Hbond substituents is 1. The van der Waals surface area contributed by atoms with Gasteiger partial charge in [-0.25, -0.2) is 0 Å². The number of rotatable bonds is 5. The second kappa shape index (κ2) is 5.47. The van der Waals surface area contributed by atoms with Crippen molar-refractivity contribution in [2.75, 3.05) is 5.32 Å². The molecule has 3 N–H and O–H groups in total. The number of hydrogen-bond donors (Lipinski definition) is 3. The molecule has 1 amide bonds. The Kier molecular flexibility index (Phi) is 3.50. The fourth-order valence-electron chi connectivity index (χ4n) is 2.20. The summed E-state index contributed by atoms with van der Waals surface area (Å²) in [5.74, 6) is 0.211. The van der Waals surface area contributed by atoms with Crippen LogP contribution in [0.4, 0.5) is 11.5 Å². The number of H-pyrrole nitrogens is 1. The summed E-state index contributed by atoms with van der Waals surface area (Å²) in [5.41, 5.74) is 1.04. The van der Waals surface area contributed by atoms with E-state index in [1.807, 2.05) is 0 Å². The summed E-state index contributed by atoms with van der Waals surface area (Å²) in [6.07, 6.45) is 2.23. The van der Waals surface area contributed by atoms with E-state index >= 15 is 0 Å². The minimum absolute atomic E-state index is 0.0350. The molecule has 0 aliphatic heterocycles. The number of amides is 1. The van der Waals surface area contributed by atoms with Gasteiger partial charge in [0.1, 0.15) is 0 Å². The van der Waals surface area contributed by atoms with E-state index in [2.05, 4.69) is 15.5 Å². The molecule has 0 unspecified atom stereocenters. The molecule has 3 rings (SSSR count). The number of aromatic nitrogens is 2. The number of phenols is 1. The number of anilines is 1. The van der Waals surface area contributed by atoms with Crippen molar-refractivity contribution in [3.05, 3.63) is 45.6 Å². The monoisotopic (exact) mass is 302 g/mol. The molecule has 114 valence electrons. The van der Waals surface area contributed by atoms with Crippen molar-refractivity contribution in [2.45, 2.75) is 25.2 Å². The molecular formula is C14H14N4O4. The molecule has 2 aromatic rings. The van der Waals surface area contributed by atoms with E-state index in [1.54, 1.807) is 6.07 Å². The van der Waals surface area contributed by atoms with E-state index in [9.17, 15) is 20.0 Å². The van der Waals surface area contributed by atoms with Gasteiger partial charge in [0, 0.05) is 23.7 Å². The predicted octanol–water partition coefficient (Wildman–Crippen LogP) is 2.08. The lowest BCUT2D eigenvalue weighted by Gasteiger charge is -2.03. The molecular weight excluding hydrogens is 288 g/mol. The zero-order chi connectivity index (χ0) is 15.7. The van der Waals surface area contributed by atoms with Crippen molar-refractivity contribution >= 4 is 17.4 Å². The van der Waals surface area contributed by atoms with Crippen LogP contribution in [0.25, 0.3) is 0 Å². The molecule has 1 fully saturated rings. The highest BCUT2D eigenvalue weighted by Gasteiger charge is 2.25.